The Hall–Kier alpha value is 0.137. The van der Waals surface area contributed by atoms with E-state index in [1.807, 2.05) is 0 Å². The lowest BCUT2D eigenvalue weighted by Crippen LogP contribution is -2.34. The Kier molecular flexibility index (Phi) is 8.22. The molecule has 0 bridgehead atoms. The first-order valence-corrected chi connectivity index (χ1v) is 10.4. The van der Waals surface area contributed by atoms with Gasteiger partial charge in [-0.15, -0.1) is 0 Å². The van der Waals surface area contributed by atoms with Crippen molar-refractivity contribution in [2.45, 2.75) is 96.0 Å². The summed E-state index contributed by atoms with van der Waals surface area (Å²) in [5.41, 5.74) is 0. The van der Waals surface area contributed by atoms with Gasteiger partial charge in [-0.3, -0.25) is 0 Å². The standard InChI is InChI=1S/C17H34O2Si/c18-20-19-17(15-11-7-3-1-4-8-12-15)16-13-9-5-2-6-10-14-16/h15-18H,1-14,20H2. The minimum absolute atomic E-state index is 0.392. The molecule has 0 aromatic rings. The minimum Gasteiger partial charge on any atom is -0.415 e. The average Bonchev–Trinajstić information content (AvgIpc) is 2.36. The summed E-state index contributed by atoms with van der Waals surface area (Å²) in [6.45, 7) is 0. The van der Waals surface area contributed by atoms with E-state index >= 15 is 0 Å². The Morgan fingerprint density at radius 1 is 0.650 bits per heavy atom. The van der Waals surface area contributed by atoms with Crippen LogP contribution in [0.3, 0.4) is 0 Å². The van der Waals surface area contributed by atoms with Gasteiger partial charge in [0, 0.05) is 0 Å². The number of hydrogen-bond donors (Lipinski definition) is 1. The quantitative estimate of drug-likeness (QED) is 0.792. The first kappa shape index (κ1) is 16.5. The van der Waals surface area contributed by atoms with Gasteiger partial charge in [-0.05, 0) is 37.5 Å². The van der Waals surface area contributed by atoms with Crippen LogP contribution in [0.2, 0.25) is 0 Å². The Morgan fingerprint density at radius 3 is 1.35 bits per heavy atom. The van der Waals surface area contributed by atoms with Crippen molar-refractivity contribution in [3.05, 3.63) is 0 Å². The molecule has 0 unspecified atom stereocenters. The third-order valence-corrected chi connectivity index (χ3v) is 6.03. The lowest BCUT2D eigenvalue weighted by molar-refractivity contribution is 0.0398. The molecule has 2 rings (SSSR count). The summed E-state index contributed by atoms with van der Waals surface area (Å²) in [5, 5.41) is 0. The Balaban J connectivity index is 1.94. The maximum atomic E-state index is 9.47. The normalized spacial score (nSPS) is 25.5. The molecule has 0 atom stereocenters. The average molecular weight is 299 g/mol. The van der Waals surface area contributed by atoms with Crippen molar-refractivity contribution in [2.24, 2.45) is 11.8 Å². The van der Waals surface area contributed by atoms with E-state index in [-0.39, 0.29) is 0 Å². The van der Waals surface area contributed by atoms with Crippen molar-refractivity contribution >= 4 is 10.0 Å². The van der Waals surface area contributed by atoms with Crippen molar-refractivity contribution < 1.29 is 9.22 Å². The highest BCUT2D eigenvalue weighted by Gasteiger charge is 2.30. The minimum atomic E-state index is -1.26. The van der Waals surface area contributed by atoms with Crippen LogP contribution in [0.15, 0.2) is 0 Å². The second kappa shape index (κ2) is 9.96. The molecule has 2 nitrogen and oxygen atoms in total. The first-order chi connectivity index (χ1) is 9.92. The van der Waals surface area contributed by atoms with Crippen molar-refractivity contribution in [2.75, 3.05) is 0 Å². The molecule has 3 heteroatoms. The van der Waals surface area contributed by atoms with E-state index in [0.29, 0.717) is 6.10 Å². The van der Waals surface area contributed by atoms with Crippen LogP contribution in [0.4, 0.5) is 0 Å². The van der Waals surface area contributed by atoms with Gasteiger partial charge in [-0.1, -0.05) is 64.2 Å². The van der Waals surface area contributed by atoms with Gasteiger partial charge in [-0.2, -0.15) is 0 Å². The molecule has 2 saturated carbocycles. The van der Waals surface area contributed by atoms with E-state index in [9.17, 15) is 4.80 Å². The zero-order chi connectivity index (χ0) is 14.0. The lowest BCUT2D eigenvalue weighted by atomic mass is 9.77. The molecule has 0 aromatic carbocycles. The van der Waals surface area contributed by atoms with E-state index in [2.05, 4.69) is 0 Å². The SMILES string of the molecule is O[SiH2]OC(C1CCCCCCC1)C1CCCCCCC1. The monoisotopic (exact) mass is 298 g/mol. The first-order valence-electron chi connectivity index (χ1n) is 9.14. The van der Waals surface area contributed by atoms with E-state index in [1.165, 1.54) is 89.9 Å². The van der Waals surface area contributed by atoms with Crippen LogP contribution in [0, 0.1) is 11.8 Å². The van der Waals surface area contributed by atoms with Gasteiger partial charge in [0.25, 0.3) is 0 Å². The van der Waals surface area contributed by atoms with Crippen LogP contribution in [0.25, 0.3) is 0 Å². The highest BCUT2D eigenvalue weighted by atomic mass is 28.2. The van der Waals surface area contributed by atoms with E-state index < -0.39 is 10.0 Å². The predicted octanol–water partition coefficient (Wildman–Crippen LogP) is 4.08. The number of rotatable bonds is 4. The molecule has 0 radical (unpaired) electrons. The lowest BCUT2D eigenvalue weighted by Gasteiger charge is -2.35. The van der Waals surface area contributed by atoms with Gasteiger partial charge in [0.2, 0.25) is 0 Å². The molecule has 0 aromatic heterocycles. The maximum Gasteiger partial charge on any atom is 0.302 e. The van der Waals surface area contributed by atoms with Gasteiger partial charge in [-0.25, -0.2) is 0 Å². The van der Waals surface area contributed by atoms with Crippen LogP contribution < -0.4 is 0 Å². The van der Waals surface area contributed by atoms with Gasteiger partial charge in [0.1, 0.15) is 0 Å². The summed E-state index contributed by atoms with van der Waals surface area (Å²) in [4.78, 5) is 9.47. The van der Waals surface area contributed by atoms with Crippen molar-refractivity contribution in [1.82, 2.24) is 0 Å². The summed E-state index contributed by atoms with van der Waals surface area (Å²) >= 11 is 0. The van der Waals surface area contributed by atoms with E-state index in [1.54, 1.807) is 0 Å². The molecule has 0 saturated heterocycles. The molecule has 0 heterocycles. The molecule has 1 N–H and O–H groups in total. The summed E-state index contributed by atoms with van der Waals surface area (Å²) in [5.74, 6) is 1.47. The molecule has 2 aliphatic rings. The van der Waals surface area contributed by atoms with E-state index in [0.717, 1.165) is 11.8 Å². The smallest absolute Gasteiger partial charge is 0.302 e. The van der Waals surface area contributed by atoms with Crippen molar-refractivity contribution in [3.63, 3.8) is 0 Å². The van der Waals surface area contributed by atoms with Crippen molar-refractivity contribution in [1.29, 1.82) is 0 Å². The highest BCUT2D eigenvalue weighted by molar-refractivity contribution is 6.15. The van der Waals surface area contributed by atoms with Crippen LogP contribution in [-0.2, 0) is 4.43 Å². The zero-order valence-electron chi connectivity index (χ0n) is 13.2. The third kappa shape index (κ3) is 5.49. The summed E-state index contributed by atoms with van der Waals surface area (Å²) in [6, 6.07) is 0. The fraction of sp³-hybridized carbons (Fsp3) is 1.00. The molecule has 118 valence electrons. The maximum absolute atomic E-state index is 9.47. The van der Waals surface area contributed by atoms with Gasteiger partial charge >= 0.3 is 10.0 Å². The molecule has 2 aliphatic carbocycles. The fourth-order valence-electron chi connectivity index (χ4n) is 4.38. The third-order valence-electron chi connectivity index (χ3n) is 5.50. The molecular weight excluding hydrogens is 264 g/mol. The fourth-order valence-corrected chi connectivity index (χ4v) is 5.09. The van der Waals surface area contributed by atoms with Crippen LogP contribution in [0.5, 0.6) is 0 Å². The summed E-state index contributed by atoms with van der Waals surface area (Å²) < 4.78 is 6.01. The van der Waals surface area contributed by atoms with Gasteiger partial charge in [0.15, 0.2) is 0 Å². The Bertz CT molecular complexity index is 209. The summed E-state index contributed by atoms with van der Waals surface area (Å²) in [7, 11) is -1.26. The topological polar surface area (TPSA) is 29.5 Å². The Labute approximate surface area is 127 Å². The molecule has 0 aliphatic heterocycles. The Morgan fingerprint density at radius 2 is 1.00 bits per heavy atom. The molecule has 0 amide bonds. The van der Waals surface area contributed by atoms with Gasteiger partial charge < -0.3 is 9.22 Å². The van der Waals surface area contributed by atoms with Crippen LogP contribution in [0.1, 0.15) is 89.9 Å². The molecule has 0 spiro atoms. The second-order valence-corrected chi connectivity index (χ2v) is 7.56. The highest BCUT2D eigenvalue weighted by Crippen LogP contribution is 2.35. The van der Waals surface area contributed by atoms with Crippen molar-refractivity contribution in [3.8, 4) is 0 Å². The zero-order valence-corrected chi connectivity index (χ0v) is 14.6. The number of hydrogen-bond acceptors (Lipinski definition) is 2. The van der Waals surface area contributed by atoms with E-state index in [4.69, 9.17) is 4.43 Å². The molecular formula is C17H34O2Si. The van der Waals surface area contributed by atoms with Crippen LogP contribution >= 0.6 is 0 Å². The van der Waals surface area contributed by atoms with Crippen LogP contribution in [-0.4, -0.2) is 20.9 Å². The second-order valence-electron chi connectivity index (χ2n) is 6.97. The van der Waals surface area contributed by atoms with Gasteiger partial charge in [0.05, 0.1) is 6.10 Å². The molecule has 2 fully saturated rings. The molecule has 20 heavy (non-hydrogen) atoms. The largest absolute Gasteiger partial charge is 0.415 e. The summed E-state index contributed by atoms with van der Waals surface area (Å²) in [6.07, 6.45) is 19.8. The predicted molar refractivity (Wildman–Crippen MR) is 87.3 cm³/mol.